The van der Waals surface area contributed by atoms with Crippen LogP contribution in [0, 0.1) is 17.0 Å². The number of esters is 1. The molecule has 2 aromatic carbocycles. The summed E-state index contributed by atoms with van der Waals surface area (Å²) in [5.74, 6) is 0.0272. The lowest BCUT2D eigenvalue weighted by molar-refractivity contribution is -0.384. The quantitative estimate of drug-likeness (QED) is 0.457. The second kappa shape index (κ2) is 7.60. The fourth-order valence-corrected chi connectivity index (χ4v) is 2.06. The molecule has 0 aliphatic carbocycles. The fraction of sp³-hybridized carbons (Fsp3) is 0.188. The number of ether oxygens (including phenoxy) is 2. The van der Waals surface area contributed by atoms with E-state index in [0.29, 0.717) is 16.3 Å². The van der Waals surface area contributed by atoms with E-state index in [-0.39, 0.29) is 18.9 Å². The van der Waals surface area contributed by atoms with Gasteiger partial charge in [-0.3, -0.25) is 10.1 Å². The molecule has 0 fully saturated rings. The Morgan fingerprint density at radius 2 is 1.91 bits per heavy atom. The lowest BCUT2D eigenvalue weighted by atomic mass is 10.2. The maximum Gasteiger partial charge on any atom is 0.344 e. The van der Waals surface area contributed by atoms with Gasteiger partial charge in [-0.1, -0.05) is 11.6 Å². The van der Waals surface area contributed by atoms with Gasteiger partial charge in [-0.05, 0) is 48.4 Å². The van der Waals surface area contributed by atoms with E-state index in [2.05, 4.69) is 0 Å². The molecule has 0 aliphatic rings. The molecular formula is C16H14ClNO5. The van der Waals surface area contributed by atoms with E-state index in [0.717, 1.165) is 5.56 Å². The van der Waals surface area contributed by atoms with Gasteiger partial charge in [-0.15, -0.1) is 0 Å². The van der Waals surface area contributed by atoms with Crippen molar-refractivity contribution < 1.29 is 19.2 Å². The van der Waals surface area contributed by atoms with Gasteiger partial charge in [-0.2, -0.15) is 0 Å². The van der Waals surface area contributed by atoms with Gasteiger partial charge in [0.05, 0.1) is 4.92 Å². The number of aryl methyl sites for hydroxylation is 1. The van der Waals surface area contributed by atoms with Crippen LogP contribution in [0.25, 0.3) is 0 Å². The summed E-state index contributed by atoms with van der Waals surface area (Å²) >= 11 is 5.84. The second-order valence-electron chi connectivity index (χ2n) is 4.78. The molecule has 0 amide bonds. The van der Waals surface area contributed by atoms with Gasteiger partial charge < -0.3 is 9.47 Å². The number of nitrogens with zero attached hydrogens (tertiary/aromatic N) is 1. The minimum atomic E-state index is -0.530. The predicted molar refractivity (Wildman–Crippen MR) is 84.6 cm³/mol. The summed E-state index contributed by atoms with van der Waals surface area (Å²) in [5, 5.41) is 11.1. The van der Waals surface area contributed by atoms with Crippen molar-refractivity contribution in [1.82, 2.24) is 0 Å². The SMILES string of the molecule is Cc1cc(Cl)ccc1OCC(=O)OCc1ccc([N+](=O)[O-])cc1. The molecule has 0 radical (unpaired) electrons. The third kappa shape index (κ3) is 4.96. The van der Waals surface area contributed by atoms with E-state index in [1.807, 2.05) is 6.92 Å². The Labute approximate surface area is 137 Å². The number of hydrogen-bond donors (Lipinski definition) is 0. The first-order valence-corrected chi connectivity index (χ1v) is 7.11. The standard InChI is InChI=1S/C16H14ClNO5/c1-11-8-13(17)4-7-15(11)22-10-16(19)23-9-12-2-5-14(6-3-12)18(20)21/h2-8H,9-10H2,1H3. The summed E-state index contributed by atoms with van der Waals surface area (Å²) in [6.07, 6.45) is 0. The number of nitro benzene ring substituents is 1. The molecule has 0 saturated carbocycles. The summed E-state index contributed by atoms with van der Waals surface area (Å²) < 4.78 is 10.4. The third-order valence-electron chi connectivity index (χ3n) is 3.03. The number of rotatable bonds is 6. The molecule has 0 N–H and O–H groups in total. The highest BCUT2D eigenvalue weighted by molar-refractivity contribution is 6.30. The molecule has 0 saturated heterocycles. The second-order valence-corrected chi connectivity index (χ2v) is 5.22. The minimum Gasteiger partial charge on any atom is -0.482 e. The van der Waals surface area contributed by atoms with Crippen molar-refractivity contribution >= 4 is 23.3 Å². The van der Waals surface area contributed by atoms with Gasteiger partial charge in [0.15, 0.2) is 6.61 Å². The average Bonchev–Trinajstić information content (AvgIpc) is 2.52. The highest BCUT2D eigenvalue weighted by atomic mass is 35.5. The fourth-order valence-electron chi connectivity index (χ4n) is 1.83. The summed E-state index contributed by atoms with van der Waals surface area (Å²) in [5.41, 5.74) is 1.47. The molecule has 0 aromatic heterocycles. The van der Waals surface area contributed by atoms with E-state index in [4.69, 9.17) is 21.1 Å². The Bertz CT molecular complexity index is 715. The molecule has 0 aliphatic heterocycles. The van der Waals surface area contributed by atoms with Crippen LogP contribution >= 0.6 is 11.6 Å². The number of benzene rings is 2. The molecule has 2 aromatic rings. The molecule has 0 spiro atoms. The number of carbonyl (C=O) groups is 1. The molecule has 0 unspecified atom stereocenters. The van der Waals surface area contributed by atoms with Crippen molar-refractivity contribution in [3.8, 4) is 5.75 Å². The molecule has 0 bridgehead atoms. The van der Waals surface area contributed by atoms with Crippen LogP contribution in [0.3, 0.4) is 0 Å². The zero-order chi connectivity index (χ0) is 16.8. The van der Waals surface area contributed by atoms with Crippen LogP contribution in [-0.4, -0.2) is 17.5 Å². The maximum atomic E-state index is 11.7. The maximum absolute atomic E-state index is 11.7. The Kier molecular flexibility index (Phi) is 5.54. The zero-order valence-electron chi connectivity index (χ0n) is 12.3. The summed E-state index contributed by atoms with van der Waals surface area (Å²) in [7, 11) is 0. The smallest absolute Gasteiger partial charge is 0.344 e. The monoisotopic (exact) mass is 335 g/mol. The van der Waals surface area contributed by atoms with Crippen molar-refractivity contribution in [2.45, 2.75) is 13.5 Å². The Hall–Kier alpha value is -2.60. The van der Waals surface area contributed by atoms with Crippen LogP contribution < -0.4 is 4.74 Å². The van der Waals surface area contributed by atoms with Gasteiger partial charge in [0.1, 0.15) is 12.4 Å². The average molecular weight is 336 g/mol. The Balaban J connectivity index is 1.82. The van der Waals surface area contributed by atoms with Gasteiger partial charge in [0, 0.05) is 17.2 Å². The van der Waals surface area contributed by atoms with Crippen molar-refractivity contribution in [3.05, 3.63) is 68.7 Å². The van der Waals surface area contributed by atoms with E-state index in [1.165, 1.54) is 24.3 Å². The van der Waals surface area contributed by atoms with Crippen LogP contribution in [0.2, 0.25) is 5.02 Å². The highest BCUT2D eigenvalue weighted by Gasteiger charge is 2.08. The minimum absolute atomic E-state index is 0.0124. The lowest BCUT2D eigenvalue weighted by Gasteiger charge is -2.09. The normalized spacial score (nSPS) is 10.2. The lowest BCUT2D eigenvalue weighted by Crippen LogP contribution is -2.15. The molecule has 0 atom stereocenters. The van der Waals surface area contributed by atoms with Crippen LogP contribution in [0.5, 0.6) is 5.75 Å². The van der Waals surface area contributed by atoms with Gasteiger partial charge in [-0.25, -0.2) is 4.79 Å². The molecular weight excluding hydrogens is 322 g/mol. The molecule has 2 rings (SSSR count). The summed E-state index contributed by atoms with van der Waals surface area (Å²) in [4.78, 5) is 21.7. The van der Waals surface area contributed by atoms with Crippen LogP contribution in [0.4, 0.5) is 5.69 Å². The number of hydrogen-bond acceptors (Lipinski definition) is 5. The highest BCUT2D eigenvalue weighted by Crippen LogP contribution is 2.21. The van der Waals surface area contributed by atoms with Gasteiger partial charge in [0.2, 0.25) is 0 Å². The number of nitro groups is 1. The first kappa shape index (κ1) is 16.8. The molecule has 120 valence electrons. The van der Waals surface area contributed by atoms with E-state index in [9.17, 15) is 14.9 Å². The summed E-state index contributed by atoms with van der Waals surface area (Å²) in [6, 6.07) is 10.9. The molecule has 7 heteroatoms. The van der Waals surface area contributed by atoms with Crippen LogP contribution in [0.1, 0.15) is 11.1 Å². The van der Waals surface area contributed by atoms with Gasteiger partial charge in [0.25, 0.3) is 5.69 Å². The molecule has 23 heavy (non-hydrogen) atoms. The number of halogens is 1. The number of non-ortho nitro benzene ring substituents is 1. The van der Waals surface area contributed by atoms with E-state index in [1.54, 1.807) is 18.2 Å². The molecule has 6 nitrogen and oxygen atoms in total. The van der Waals surface area contributed by atoms with E-state index < -0.39 is 10.9 Å². The van der Waals surface area contributed by atoms with Crippen LogP contribution in [0.15, 0.2) is 42.5 Å². The predicted octanol–water partition coefficient (Wildman–Crippen LogP) is 3.68. The van der Waals surface area contributed by atoms with Crippen molar-refractivity contribution in [2.75, 3.05) is 6.61 Å². The van der Waals surface area contributed by atoms with Crippen LogP contribution in [-0.2, 0) is 16.1 Å². The summed E-state index contributed by atoms with van der Waals surface area (Å²) in [6.45, 7) is 1.62. The Morgan fingerprint density at radius 1 is 1.22 bits per heavy atom. The molecule has 0 heterocycles. The van der Waals surface area contributed by atoms with Crippen molar-refractivity contribution in [1.29, 1.82) is 0 Å². The van der Waals surface area contributed by atoms with Crippen molar-refractivity contribution in [2.24, 2.45) is 0 Å². The topological polar surface area (TPSA) is 78.7 Å². The number of carbonyl (C=O) groups excluding carboxylic acids is 1. The first-order chi connectivity index (χ1) is 11.0. The Morgan fingerprint density at radius 3 is 2.52 bits per heavy atom. The third-order valence-corrected chi connectivity index (χ3v) is 3.26. The van der Waals surface area contributed by atoms with Crippen molar-refractivity contribution in [3.63, 3.8) is 0 Å². The van der Waals surface area contributed by atoms with Gasteiger partial charge >= 0.3 is 5.97 Å². The van der Waals surface area contributed by atoms with E-state index >= 15 is 0 Å². The first-order valence-electron chi connectivity index (χ1n) is 6.73. The largest absolute Gasteiger partial charge is 0.482 e. The zero-order valence-corrected chi connectivity index (χ0v) is 13.1.